The second-order valence-corrected chi connectivity index (χ2v) is 4.00. The summed E-state index contributed by atoms with van der Waals surface area (Å²) in [6, 6.07) is 4.01. The molecule has 2 aromatic rings. The molecule has 0 aliphatic carbocycles. The highest BCUT2D eigenvalue weighted by molar-refractivity contribution is 5.35. The Balaban J connectivity index is 2.44. The highest BCUT2D eigenvalue weighted by Gasteiger charge is 2.21. The van der Waals surface area contributed by atoms with Crippen LogP contribution >= 0.6 is 0 Å². The van der Waals surface area contributed by atoms with Gasteiger partial charge < -0.3 is 10.1 Å². The molecule has 0 saturated heterocycles. The lowest BCUT2D eigenvalue weighted by Crippen LogP contribution is -2.24. The molecule has 0 amide bonds. The number of nitrogens with one attached hydrogen (secondary N) is 1. The van der Waals surface area contributed by atoms with Crippen LogP contribution in [-0.4, -0.2) is 28.4 Å². The van der Waals surface area contributed by atoms with Gasteiger partial charge in [-0.25, -0.2) is 0 Å². The van der Waals surface area contributed by atoms with Crippen molar-refractivity contribution in [3.8, 4) is 5.75 Å². The van der Waals surface area contributed by atoms with Gasteiger partial charge >= 0.3 is 0 Å². The average molecular weight is 246 g/mol. The molecule has 0 aliphatic heterocycles. The van der Waals surface area contributed by atoms with Gasteiger partial charge in [0.15, 0.2) is 5.75 Å². The van der Waals surface area contributed by atoms with E-state index in [9.17, 15) is 0 Å². The maximum atomic E-state index is 5.37. The van der Waals surface area contributed by atoms with Crippen LogP contribution in [0, 0.1) is 0 Å². The third-order valence-electron chi connectivity index (χ3n) is 2.87. The third-order valence-corrected chi connectivity index (χ3v) is 2.87. The Morgan fingerprint density at radius 1 is 1.44 bits per heavy atom. The predicted octanol–water partition coefficient (Wildman–Crippen LogP) is 1.52. The molecule has 1 atom stereocenters. The van der Waals surface area contributed by atoms with Gasteiger partial charge in [0.1, 0.15) is 5.69 Å². The molecule has 18 heavy (non-hydrogen) atoms. The van der Waals surface area contributed by atoms with Gasteiger partial charge in [-0.1, -0.05) is 13.0 Å². The molecule has 0 radical (unpaired) electrons. The third kappa shape index (κ3) is 2.36. The van der Waals surface area contributed by atoms with Gasteiger partial charge in [0, 0.05) is 19.4 Å². The van der Waals surface area contributed by atoms with Gasteiger partial charge in [-0.05, 0) is 18.2 Å². The Morgan fingerprint density at radius 2 is 2.28 bits per heavy atom. The van der Waals surface area contributed by atoms with Crippen LogP contribution in [0.15, 0.2) is 30.7 Å². The lowest BCUT2D eigenvalue weighted by atomic mass is 10.1. The Labute approximate surface area is 107 Å². The summed E-state index contributed by atoms with van der Waals surface area (Å²) in [6.45, 7) is 2.93. The van der Waals surface area contributed by atoms with Gasteiger partial charge in [0.25, 0.3) is 0 Å². The van der Waals surface area contributed by atoms with E-state index in [2.05, 4.69) is 22.3 Å². The number of ether oxygens (including phenoxy) is 1. The normalized spacial score (nSPS) is 12.4. The first-order chi connectivity index (χ1) is 8.77. The van der Waals surface area contributed by atoms with Gasteiger partial charge in [-0.3, -0.25) is 9.67 Å². The number of aryl methyl sites for hydroxylation is 1. The van der Waals surface area contributed by atoms with Crippen LogP contribution in [0.2, 0.25) is 0 Å². The lowest BCUT2D eigenvalue weighted by Gasteiger charge is -2.19. The van der Waals surface area contributed by atoms with E-state index in [-0.39, 0.29) is 6.04 Å². The number of aromatic nitrogens is 3. The number of pyridine rings is 1. The summed E-state index contributed by atoms with van der Waals surface area (Å²) in [4.78, 5) is 4.17. The van der Waals surface area contributed by atoms with Gasteiger partial charge in [0.2, 0.25) is 0 Å². The number of nitrogens with zero attached hydrogens (tertiary/aromatic N) is 3. The molecule has 0 saturated carbocycles. The molecule has 96 valence electrons. The van der Waals surface area contributed by atoms with Crippen molar-refractivity contribution in [1.29, 1.82) is 0 Å². The van der Waals surface area contributed by atoms with Crippen molar-refractivity contribution in [1.82, 2.24) is 20.1 Å². The minimum Gasteiger partial charge on any atom is -0.493 e. The SMILES string of the molecule is CCNC(c1cccnc1)c1c(OC)cnn1C. The zero-order valence-electron chi connectivity index (χ0n) is 10.9. The first-order valence-electron chi connectivity index (χ1n) is 5.97. The number of rotatable bonds is 5. The van der Waals surface area contributed by atoms with Crippen molar-refractivity contribution in [2.45, 2.75) is 13.0 Å². The standard InChI is InChI=1S/C13H18N4O/c1-4-15-12(10-6-5-7-14-8-10)13-11(18-3)9-16-17(13)2/h5-9,12,15H,4H2,1-3H3. The summed E-state index contributed by atoms with van der Waals surface area (Å²) in [5.74, 6) is 0.785. The van der Waals surface area contributed by atoms with Crippen molar-refractivity contribution in [2.24, 2.45) is 7.05 Å². The van der Waals surface area contributed by atoms with E-state index in [0.717, 1.165) is 23.6 Å². The molecule has 2 aromatic heterocycles. The predicted molar refractivity (Wildman–Crippen MR) is 69.5 cm³/mol. The lowest BCUT2D eigenvalue weighted by molar-refractivity contribution is 0.401. The van der Waals surface area contributed by atoms with Crippen molar-refractivity contribution in [2.75, 3.05) is 13.7 Å². The van der Waals surface area contributed by atoms with Crippen molar-refractivity contribution >= 4 is 0 Å². The van der Waals surface area contributed by atoms with Crippen LogP contribution in [-0.2, 0) is 7.05 Å². The van der Waals surface area contributed by atoms with Crippen molar-refractivity contribution < 1.29 is 4.74 Å². The number of methoxy groups -OCH3 is 1. The zero-order valence-corrected chi connectivity index (χ0v) is 10.9. The molecule has 0 aromatic carbocycles. The summed E-state index contributed by atoms with van der Waals surface area (Å²) in [7, 11) is 3.57. The van der Waals surface area contributed by atoms with E-state index in [1.54, 1.807) is 19.5 Å². The van der Waals surface area contributed by atoms with Crippen LogP contribution in [0.5, 0.6) is 5.75 Å². The van der Waals surface area contributed by atoms with Crippen LogP contribution in [0.4, 0.5) is 0 Å². The summed E-state index contributed by atoms with van der Waals surface area (Å²) in [6.07, 6.45) is 5.36. The molecule has 0 aliphatic rings. The Hall–Kier alpha value is -1.88. The molecule has 1 unspecified atom stereocenters. The van der Waals surface area contributed by atoms with E-state index >= 15 is 0 Å². The Bertz CT molecular complexity index is 495. The molecule has 5 nitrogen and oxygen atoms in total. The number of hydrogen-bond donors (Lipinski definition) is 1. The fourth-order valence-electron chi connectivity index (χ4n) is 2.04. The molecule has 0 spiro atoms. The molecule has 0 bridgehead atoms. The van der Waals surface area contributed by atoms with Gasteiger partial charge in [-0.15, -0.1) is 0 Å². The fraction of sp³-hybridized carbons (Fsp3) is 0.385. The minimum absolute atomic E-state index is 0.0335. The quantitative estimate of drug-likeness (QED) is 0.869. The molecule has 5 heteroatoms. The maximum Gasteiger partial charge on any atom is 0.161 e. The van der Waals surface area contributed by atoms with E-state index in [1.807, 2.05) is 30.1 Å². The van der Waals surface area contributed by atoms with E-state index < -0.39 is 0 Å². The highest BCUT2D eigenvalue weighted by Crippen LogP contribution is 2.28. The second kappa shape index (κ2) is 5.64. The van der Waals surface area contributed by atoms with Crippen molar-refractivity contribution in [3.63, 3.8) is 0 Å². The Kier molecular flexibility index (Phi) is 3.94. The van der Waals surface area contributed by atoms with E-state index in [4.69, 9.17) is 4.74 Å². The summed E-state index contributed by atoms with van der Waals surface area (Å²) in [5.41, 5.74) is 2.11. The van der Waals surface area contributed by atoms with Crippen LogP contribution in [0.3, 0.4) is 0 Å². The van der Waals surface area contributed by atoms with E-state index in [0.29, 0.717) is 0 Å². The maximum absolute atomic E-state index is 5.37. The fourth-order valence-corrected chi connectivity index (χ4v) is 2.04. The first-order valence-corrected chi connectivity index (χ1v) is 5.97. The van der Waals surface area contributed by atoms with Crippen LogP contribution < -0.4 is 10.1 Å². The van der Waals surface area contributed by atoms with Crippen LogP contribution in [0.25, 0.3) is 0 Å². The molecule has 2 rings (SSSR count). The van der Waals surface area contributed by atoms with Crippen molar-refractivity contribution in [3.05, 3.63) is 42.0 Å². The van der Waals surface area contributed by atoms with E-state index in [1.165, 1.54) is 0 Å². The largest absolute Gasteiger partial charge is 0.493 e. The molecule has 0 fully saturated rings. The van der Waals surface area contributed by atoms with Crippen LogP contribution in [0.1, 0.15) is 24.2 Å². The highest BCUT2D eigenvalue weighted by atomic mass is 16.5. The molecular formula is C13H18N4O. The first kappa shape index (κ1) is 12.6. The molecular weight excluding hydrogens is 228 g/mol. The Morgan fingerprint density at radius 3 is 2.89 bits per heavy atom. The second-order valence-electron chi connectivity index (χ2n) is 4.00. The summed E-state index contributed by atoms with van der Waals surface area (Å²) >= 11 is 0. The summed E-state index contributed by atoms with van der Waals surface area (Å²) < 4.78 is 7.20. The zero-order chi connectivity index (χ0) is 13.0. The number of hydrogen-bond acceptors (Lipinski definition) is 4. The minimum atomic E-state index is 0.0335. The summed E-state index contributed by atoms with van der Waals surface area (Å²) in [5, 5.41) is 7.68. The molecule has 2 heterocycles. The topological polar surface area (TPSA) is 52.0 Å². The van der Waals surface area contributed by atoms with Gasteiger partial charge in [0.05, 0.1) is 19.3 Å². The average Bonchev–Trinajstić information content (AvgIpc) is 2.78. The smallest absolute Gasteiger partial charge is 0.161 e. The molecule has 1 N–H and O–H groups in total. The van der Waals surface area contributed by atoms with Gasteiger partial charge in [-0.2, -0.15) is 5.10 Å². The monoisotopic (exact) mass is 246 g/mol.